The van der Waals surface area contributed by atoms with E-state index in [9.17, 15) is 18.0 Å². The molecule has 0 aliphatic rings. The molecule has 0 spiro atoms. The summed E-state index contributed by atoms with van der Waals surface area (Å²) < 4.78 is 48.8. The lowest BCUT2D eigenvalue weighted by Crippen LogP contribution is -2.06. The minimum Gasteiger partial charge on any atom is -0.452 e. The molecule has 2 heterocycles. The van der Waals surface area contributed by atoms with Gasteiger partial charge in [0, 0.05) is 22.4 Å². The van der Waals surface area contributed by atoms with Gasteiger partial charge in [0.15, 0.2) is 6.61 Å². The minimum absolute atomic E-state index is 0.0359. The fourth-order valence-corrected chi connectivity index (χ4v) is 2.36. The van der Waals surface area contributed by atoms with E-state index in [0.717, 1.165) is 12.1 Å². The molecule has 0 saturated carbocycles. The fraction of sp³-hybridized carbons (Fsp3) is 0.125. The number of rotatable bonds is 4. The van der Waals surface area contributed by atoms with Gasteiger partial charge in [-0.3, -0.25) is 4.98 Å². The lowest BCUT2D eigenvalue weighted by atomic mass is 10.1. The lowest BCUT2D eigenvalue weighted by Gasteiger charge is -2.06. The molecule has 2 aromatic heterocycles. The molecule has 0 aliphatic carbocycles. The molecule has 0 fully saturated rings. The zero-order valence-electron chi connectivity index (χ0n) is 12.8. The second-order valence-corrected chi connectivity index (χ2v) is 5.97. The molecule has 0 amide bonds. The van der Waals surface area contributed by atoms with Crippen molar-refractivity contribution in [1.29, 1.82) is 0 Å². The van der Waals surface area contributed by atoms with Crippen LogP contribution >= 0.6 is 15.9 Å². The summed E-state index contributed by atoms with van der Waals surface area (Å²) in [6.45, 7) is -0.322. The molecular formula is C16H9BrF3N3O3. The first-order chi connectivity index (χ1) is 12.3. The van der Waals surface area contributed by atoms with Crippen LogP contribution in [-0.2, 0) is 17.5 Å². The van der Waals surface area contributed by atoms with Crippen LogP contribution in [0.5, 0.6) is 0 Å². The Morgan fingerprint density at radius 1 is 1.23 bits per heavy atom. The number of benzene rings is 1. The molecule has 10 heteroatoms. The molecule has 3 rings (SSSR count). The Morgan fingerprint density at radius 2 is 2.04 bits per heavy atom. The summed E-state index contributed by atoms with van der Waals surface area (Å²) in [4.78, 5) is 19.7. The Balaban J connectivity index is 1.70. The van der Waals surface area contributed by atoms with Crippen molar-refractivity contribution in [2.45, 2.75) is 12.8 Å². The third kappa shape index (κ3) is 4.26. The van der Waals surface area contributed by atoms with Crippen LogP contribution in [0.2, 0.25) is 0 Å². The first-order valence-electron chi connectivity index (χ1n) is 7.11. The van der Waals surface area contributed by atoms with E-state index in [2.05, 4.69) is 31.1 Å². The smallest absolute Gasteiger partial charge is 0.416 e. The molecule has 0 bridgehead atoms. The van der Waals surface area contributed by atoms with E-state index in [4.69, 9.17) is 9.26 Å². The quantitative estimate of drug-likeness (QED) is 0.578. The van der Waals surface area contributed by atoms with Crippen LogP contribution < -0.4 is 0 Å². The number of esters is 1. The molecule has 0 unspecified atom stereocenters. The molecule has 0 radical (unpaired) electrons. The summed E-state index contributed by atoms with van der Waals surface area (Å²) >= 11 is 3.18. The van der Waals surface area contributed by atoms with Crippen molar-refractivity contribution in [2.75, 3.05) is 0 Å². The van der Waals surface area contributed by atoms with Gasteiger partial charge in [0.1, 0.15) is 0 Å². The third-order valence-electron chi connectivity index (χ3n) is 3.18. The van der Waals surface area contributed by atoms with Crippen LogP contribution in [0.1, 0.15) is 21.8 Å². The molecule has 1 aromatic carbocycles. The molecule has 0 N–H and O–H groups in total. The van der Waals surface area contributed by atoms with Gasteiger partial charge in [-0.05, 0) is 34.1 Å². The number of alkyl halides is 3. The number of ether oxygens (including phenoxy) is 1. The predicted molar refractivity (Wildman–Crippen MR) is 85.8 cm³/mol. The number of hydrogen-bond acceptors (Lipinski definition) is 6. The first kappa shape index (κ1) is 18.1. The average molecular weight is 428 g/mol. The number of nitrogens with zero attached hydrogens (tertiary/aromatic N) is 3. The van der Waals surface area contributed by atoms with Gasteiger partial charge in [0.05, 0.1) is 11.1 Å². The van der Waals surface area contributed by atoms with Crippen LogP contribution in [0.3, 0.4) is 0 Å². The summed E-state index contributed by atoms with van der Waals surface area (Å²) in [6.07, 6.45) is -1.64. The first-order valence-corrected chi connectivity index (χ1v) is 7.90. The zero-order chi connectivity index (χ0) is 18.7. The molecule has 6 nitrogen and oxygen atoms in total. The third-order valence-corrected chi connectivity index (χ3v) is 3.62. The minimum atomic E-state index is -4.48. The Morgan fingerprint density at radius 3 is 2.77 bits per heavy atom. The molecule has 26 heavy (non-hydrogen) atoms. The zero-order valence-corrected chi connectivity index (χ0v) is 14.4. The van der Waals surface area contributed by atoms with Crippen molar-refractivity contribution < 1.29 is 27.2 Å². The van der Waals surface area contributed by atoms with Gasteiger partial charge < -0.3 is 9.26 Å². The van der Waals surface area contributed by atoms with Gasteiger partial charge in [-0.15, -0.1) is 0 Å². The van der Waals surface area contributed by atoms with E-state index in [1.54, 1.807) is 0 Å². The Labute approximate surface area is 153 Å². The number of halogens is 4. The number of carbonyl (C=O) groups excluding carboxylic acids is 1. The topological polar surface area (TPSA) is 78.1 Å². The van der Waals surface area contributed by atoms with Crippen LogP contribution in [0.4, 0.5) is 13.2 Å². The van der Waals surface area contributed by atoms with E-state index in [-0.39, 0.29) is 29.4 Å². The number of hydrogen-bond donors (Lipinski definition) is 0. The van der Waals surface area contributed by atoms with Gasteiger partial charge in [-0.25, -0.2) is 4.79 Å². The van der Waals surface area contributed by atoms with E-state index in [0.29, 0.717) is 4.47 Å². The van der Waals surface area contributed by atoms with Gasteiger partial charge >= 0.3 is 12.1 Å². The lowest BCUT2D eigenvalue weighted by molar-refractivity contribution is -0.137. The Kier molecular flexibility index (Phi) is 5.03. The maximum absolute atomic E-state index is 12.8. The van der Waals surface area contributed by atoms with Crippen molar-refractivity contribution >= 4 is 21.9 Å². The average Bonchev–Trinajstić information content (AvgIpc) is 3.08. The van der Waals surface area contributed by atoms with Crippen molar-refractivity contribution in [2.24, 2.45) is 0 Å². The van der Waals surface area contributed by atoms with E-state index < -0.39 is 17.7 Å². The summed E-state index contributed by atoms with van der Waals surface area (Å²) in [7, 11) is 0. The summed E-state index contributed by atoms with van der Waals surface area (Å²) in [6, 6.07) is 6.04. The van der Waals surface area contributed by atoms with Gasteiger partial charge in [0.2, 0.25) is 5.82 Å². The second kappa shape index (κ2) is 7.24. The van der Waals surface area contributed by atoms with E-state index in [1.807, 2.05) is 0 Å². The number of aromatic nitrogens is 3. The van der Waals surface area contributed by atoms with Crippen molar-refractivity contribution in [3.05, 3.63) is 64.2 Å². The predicted octanol–water partition coefficient (Wildman–Crippen LogP) is 4.27. The Hall–Kier alpha value is -2.75. The van der Waals surface area contributed by atoms with E-state index in [1.165, 1.54) is 30.6 Å². The van der Waals surface area contributed by atoms with Crippen LogP contribution in [0.25, 0.3) is 11.4 Å². The largest absolute Gasteiger partial charge is 0.452 e. The summed E-state index contributed by atoms with van der Waals surface area (Å²) in [5.74, 6) is -0.738. The van der Waals surface area contributed by atoms with Crippen LogP contribution in [0, 0.1) is 0 Å². The Bertz CT molecular complexity index is 943. The van der Waals surface area contributed by atoms with Crippen molar-refractivity contribution in [1.82, 2.24) is 15.1 Å². The molecule has 0 aliphatic heterocycles. The molecule has 0 atom stereocenters. The summed E-state index contributed by atoms with van der Waals surface area (Å²) in [5.41, 5.74) is -0.468. The van der Waals surface area contributed by atoms with Gasteiger partial charge in [0.25, 0.3) is 5.89 Å². The van der Waals surface area contributed by atoms with E-state index >= 15 is 0 Å². The maximum Gasteiger partial charge on any atom is 0.416 e. The fourth-order valence-electron chi connectivity index (χ4n) is 2.00. The number of carbonyl (C=O) groups is 1. The second-order valence-electron chi connectivity index (χ2n) is 5.06. The molecule has 3 aromatic rings. The van der Waals surface area contributed by atoms with Crippen LogP contribution in [-0.4, -0.2) is 21.1 Å². The van der Waals surface area contributed by atoms with Gasteiger partial charge in [-0.2, -0.15) is 18.2 Å². The monoisotopic (exact) mass is 427 g/mol. The highest BCUT2D eigenvalue weighted by Gasteiger charge is 2.30. The highest BCUT2D eigenvalue weighted by atomic mass is 79.9. The maximum atomic E-state index is 12.8. The summed E-state index contributed by atoms with van der Waals surface area (Å²) in [5, 5.41) is 3.61. The highest BCUT2D eigenvalue weighted by Crippen LogP contribution is 2.31. The molecular weight excluding hydrogens is 419 g/mol. The van der Waals surface area contributed by atoms with Crippen molar-refractivity contribution in [3.8, 4) is 11.4 Å². The van der Waals surface area contributed by atoms with Gasteiger partial charge in [-0.1, -0.05) is 17.3 Å². The van der Waals surface area contributed by atoms with Crippen LogP contribution in [0.15, 0.2) is 51.7 Å². The van der Waals surface area contributed by atoms with Crippen molar-refractivity contribution in [3.63, 3.8) is 0 Å². The molecule has 134 valence electrons. The SMILES string of the molecule is O=C(OCc1nc(-c2cccc(C(F)(F)F)c2)no1)c1cncc(Br)c1. The normalized spacial score (nSPS) is 11.4. The number of pyridine rings is 1. The highest BCUT2D eigenvalue weighted by molar-refractivity contribution is 9.10. The molecule has 0 saturated heterocycles. The standard InChI is InChI=1S/C16H9BrF3N3O3/c17-12-5-10(6-21-7-12)15(24)25-8-13-22-14(23-26-13)9-2-1-3-11(4-9)16(18,19)20/h1-7H,8H2.